The van der Waals surface area contributed by atoms with E-state index in [-0.39, 0.29) is 10.8 Å². The summed E-state index contributed by atoms with van der Waals surface area (Å²) in [7, 11) is 0. The Labute approximate surface area is 349 Å². The van der Waals surface area contributed by atoms with E-state index in [9.17, 15) is 15.3 Å². The first kappa shape index (κ1) is 45.1. The Balaban J connectivity index is 0.000000221. The first-order valence-corrected chi connectivity index (χ1v) is 21.8. The van der Waals surface area contributed by atoms with E-state index in [0.29, 0.717) is 57.9 Å². The van der Waals surface area contributed by atoms with Gasteiger partial charge in [0.05, 0.1) is 11.2 Å². The summed E-state index contributed by atoms with van der Waals surface area (Å²) in [6, 6.07) is 26.4. The Bertz CT molecular complexity index is 1890. The number of benzene rings is 4. The molecule has 0 bridgehead atoms. The number of phenols is 1. The fraction of sp³-hybridized carbons (Fsp3) is 0.472. The van der Waals surface area contributed by atoms with Crippen LogP contribution in [0.25, 0.3) is 12.2 Å². The van der Waals surface area contributed by atoms with Crippen molar-refractivity contribution in [2.75, 3.05) is 26.4 Å². The van der Waals surface area contributed by atoms with E-state index in [4.69, 9.17) is 9.47 Å². The van der Waals surface area contributed by atoms with Gasteiger partial charge in [-0.05, 0) is 128 Å². The lowest BCUT2D eigenvalue weighted by Crippen LogP contribution is -2.33. The molecule has 58 heavy (non-hydrogen) atoms. The largest absolute Gasteiger partial charge is 0.508 e. The van der Waals surface area contributed by atoms with Gasteiger partial charge in [0.2, 0.25) is 0 Å². The van der Waals surface area contributed by atoms with Gasteiger partial charge in [-0.2, -0.15) is 0 Å². The first-order chi connectivity index (χ1) is 27.7. The Morgan fingerprint density at radius 2 is 0.828 bits per heavy atom. The highest BCUT2D eigenvalue weighted by atomic mass is 16.5. The summed E-state index contributed by atoms with van der Waals surface area (Å²) in [6.45, 7) is 22.2. The molecule has 4 aromatic rings. The number of aliphatic hydroxyl groups is 2. The second-order valence-corrected chi connectivity index (χ2v) is 17.1. The van der Waals surface area contributed by atoms with Crippen LogP contribution in [0.5, 0.6) is 5.75 Å². The van der Waals surface area contributed by atoms with Gasteiger partial charge in [-0.3, -0.25) is 0 Å². The summed E-state index contributed by atoms with van der Waals surface area (Å²) in [6.07, 6.45) is 14.8. The molecule has 2 saturated heterocycles. The summed E-state index contributed by atoms with van der Waals surface area (Å²) in [5, 5.41) is 31.4. The maximum Gasteiger partial charge on any atom is 0.118 e. The predicted octanol–water partition coefficient (Wildman–Crippen LogP) is 11.9. The highest BCUT2D eigenvalue weighted by Gasteiger charge is 2.33. The quantitative estimate of drug-likeness (QED) is 0.133. The minimum absolute atomic E-state index is 0.0321. The molecule has 2 heterocycles. The molecule has 0 radical (unpaired) electrons. The molecule has 0 amide bonds. The number of hydrogen-bond acceptors (Lipinski definition) is 5. The number of aromatic hydroxyl groups is 1. The van der Waals surface area contributed by atoms with Gasteiger partial charge >= 0.3 is 0 Å². The average Bonchev–Trinajstić information content (AvgIpc) is 3.22. The van der Waals surface area contributed by atoms with Gasteiger partial charge in [0.1, 0.15) is 5.75 Å². The summed E-state index contributed by atoms with van der Waals surface area (Å²) in [5.41, 5.74) is 12.2. The number of phenolic OH excluding ortho intramolecular Hbond substituents is 1. The molecule has 2 aliphatic heterocycles. The van der Waals surface area contributed by atoms with Crippen LogP contribution in [0.4, 0.5) is 0 Å². The van der Waals surface area contributed by atoms with Crippen LogP contribution in [0.1, 0.15) is 140 Å². The molecular weight excluding hydrogens is 717 g/mol. The fourth-order valence-electron chi connectivity index (χ4n) is 9.05. The van der Waals surface area contributed by atoms with E-state index in [1.807, 2.05) is 25.1 Å². The third kappa shape index (κ3) is 10.1. The number of ether oxygens (including phenoxy) is 2. The van der Waals surface area contributed by atoms with E-state index >= 15 is 0 Å². The van der Waals surface area contributed by atoms with Crippen LogP contribution in [-0.2, 0) is 20.3 Å². The van der Waals surface area contributed by atoms with Gasteiger partial charge in [0.15, 0.2) is 0 Å². The van der Waals surface area contributed by atoms with Crippen molar-refractivity contribution in [2.24, 2.45) is 0 Å². The van der Waals surface area contributed by atoms with Crippen molar-refractivity contribution in [3.8, 4) is 5.75 Å². The molecule has 4 aromatic carbocycles. The van der Waals surface area contributed by atoms with Gasteiger partial charge in [-0.1, -0.05) is 119 Å². The normalized spacial score (nSPS) is 17.0. The number of rotatable bonds is 12. The Morgan fingerprint density at radius 1 is 0.483 bits per heavy atom. The van der Waals surface area contributed by atoms with Crippen molar-refractivity contribution in [3.63, 3.8) is 0 Å². The van der Waals surface area contributed by atoms with Gasteiger partial charge < -0.3 is 24.8 Å². The van der Waals surface area contributed by atoms with E-state index in [2.05, 4.69) is 134 Å². The van der Waals surface area contributed by atoms with Crippen LogP contribution >= 0.6 is 0 Å². The molecule has 5 heteroatoms. The minimum Gasteiger partial charge on any atom is -0.508 e. The predicted molar refractivity (Wildman–Crippen MR) is 242 cm³/mol. The maximum absolute atomic E-state index is 10.7. The van der Waals surface area contributed by atoms with Gasteiger partial charge in [0.25, 0.3) is 0 Å². The van der Waals surface area contributed by atoms with Crippen molar-refractivity contribution in [3.05, 3.63) is 146 Å². The fourth-order valence-corrected chi connectivity index (χ4v) is 9.05. The second kappa shape index (κ2) is 19.4. The molecule has 0 saturated carbocycles. The molecule has 2 aliphatic rings. The Morgan fingerprint density at radius 3 is 1.17 bits per heavy atom. The summed E-state index contributed by atoms with van der Waals surface area (Å²) in [5.74, 6) is 0.345. The third-order valence-electron chi connectivity index (χ3n) is 13.7. The third-order valence-corrected chi connectivity index (χ3v) is 13.7. The maximum atomic E-state index is 10.7. The highest BCUT2D eigenvalue weighted by Crippen LogP contribution is 2.42. The van der Waals surface area contributed by atoms with Crippen molar-refractivity contribution in [1.82, 2.24) is 0 Å². The zero-order valence-corrected chi connectivity index (χ0v) is 36.9. The SMILES string of the molecule is CCC(CC)(c1ccc(C)c(C)c1)c1ccc(/C=C/C2(O)CCOCC2)c(C)c1.CCC(CC)(c1ccc(O)c(C)c1)c1ccc(/C=C/C2(O)CCOCC2)c(C)c1. The van der Waals surface area contributed by atoms with Gasteiger partial charge in [-0.25, -0.2) is 0 Å². The van der Waals surface area contributed by atoms with Crippen LogP contribution in [0, 0.1) is 34.6 Å². The van der Waals surface area contributed by atoms with E-state index in [0.717, 1.165) is 36.8 Å². The lowest BCUT2D eigenvalue weighted by molar-refractivity contribution is -0.0321. The number of hydrogen-bond donors (Lipinski definition) is 3. The molecule has 0 unspecified atom stereocenters. The molecule has 6 rings (SSSR count). The van der Waals surface area contributed by atoms with Crippen LogP contribution < -0.4 is 0 Å². The Kier molecular flexibility index (Phi) is 15.1. The Hall–Kier alpha value is -4.00. The zero-order valence-electron chi connectivity index (χ0n) is 36.9. The van der Waals surface area contributed by atoms with Crippen molar-refractivity contribution in [1.29, 1.82) is 0 Å². The molecule has 312 valence electrons. The van der Waals surface area contributed by atoms with Crippen LogP contribution in [0.3, 0.4) is 0 Å². The molecule has 0 aromatic heterocycles. The summed E-state index contributed by atoms with van der Waals surface area (Å²) < 4.78 is 10.7. The van der Waals surface area contributed by atoms with Crippen LogP contribution in [0.15, 0.2) is 84.9 Å². The van der Waals surface area contributed by atoms with Crippen LogP contribution in [-0.4, -0.2) is 52.9 Å². The summed E-state index contributed by atoms with van der Waals surface area (Å²) in [4.78, 5) is 0. The lowest BCUT2D eigenvalue weighted by Gasteiger charge is -2.34. The number of aryl methyl sites for hydroxylation is 5. The topological polar surface area (TPSA) is 79.2 Å². The molecule has 0 atom stereocenters. The molecule has 5 nitrogen and oxygen atoms in total. The van der Waals surface area contributed by atoms with E-state index in [1.165, 1.54) is 50.1 Å². The van der Waals surface area contributed by atoms with Crippen molar-refractivity contribution in [2.45, 2.75) is 136 Å². The second-order valence-electron chi connectivity index (χ2n) is 17.1. The smallest absolute Gasteiger partial charge is 0.118 e. The highest BCUT2D eigenvalue weighted by molar-refractivity contribution is 5.58. The summed E-state index contributed by atoms with van der Waals surface area (Å²) >= 11 is 0. The minimum atomic E-state index is -0.760. The standard InChI is InChI=1S/C27H36O2.C26H34O3/c1-6-27(7-2,24-10-8-20(3)21(4)18-24)25-11-9-23(22(5)19-25)12-13-26(28)14-16-29-17-15-26;1-5-26(6-2,23-9-10-24(27)20(4)18-23)22-8-7-21(19(3)17-22)11-12-25(28)13-15-29-16-14-25/h8-13,18-19,28H,6-7,14-17H2,1-5H3;7-12,17-18,27-28H,5-6,13-16H2,1-4H3/b13-12+;12-11+. The average molecular weight is 787 g/mol. The van der Waals surface area contributed by atoms with E-state index < -0.39 is 11.2 Å². The van der Waals surface area contributed by atoms with Crippen molar-refractivity contribution < 1.29 is 24.8 Å². The first-order valence-electron chi connectivity index (χ1n) is 21.8. The van der Waals surface area contributed by atoms with Gasteiger partial charge in [-0.15, -0.1) is 0 Å². The zero-order chi connectivity index (χ0) is 42.1. The molecular formula is C53H70O5. The molecule has 3 N–H and O–H groups in total. The van der Waals surface area contributed by atoms with Crippen LogP contribution in [0.2, 0.25) is 0 Å². The van der Waals surface area contributed by atoms with Gasteiger partial charge in [0, 0.05) is 62.9 Å². The molecule has 2 fully saturated rings. The van der Waals surface area contributed by atoms with E-state index in [1.54, 1.807) is 0 Å². The van der Waals surface area contributed by atoms with Crippen molar-refractivity contribution >= 4 is 12.2 Å². The lowest BCUT2D eigenvalue weighted by atomic mass is 9.69. The molecule has 0 aliphatic carbocycles. The monoisotopic (exact) mass is 787 g/mol. The molecule has 0 spiro atoms.